The van der Waals surface area contributed by atoms with E-state index in [0.29, 0.717) is 6.42 Å². The number of hydrogen-bond donors (Lipinski definition) is 2. The molecule has 2 amide bonds. The minimum absolute atomic E-state index is 0.0500. The SMILES string of the molecule is C#CCN(CC(=O)O)C(=O)NC(C)Cc1ccco1. The monoisotopic (exact) mass is 264 g/mol. The van der Waals surface area contributed by atoms with Crippen LogP contribution in [0.1, 0.15) is 12.7 Å². The van der Waals surface area contributed by atoms with E-state index < -0.39 is 18.5 Å². The van der Waals surface area contributed by atoms with Crippen LogP contribution < -0.4 is 5.32 Å². The lowest BCUT2D eigenvalue weighted by molar-refractivity contribution is -0.137. The van der Waals surface area contributed by atoms with Gasteiger partial charge in [-0.05, 0) is 19.1 Å². The topological polar surface area (TPSA) is 82.8 Å². The van der Waals surface area contributed by atoms with E-state index in [0.717, 1.165) is 10.7 Å². The van der Waals surface area contributed by atoms with E-state index in [2.05, 4.69) is 11.2 Å². The van der Waals surface area contributed by atoms with Crippen LogP contribution in [0, 0.1) is 12.3 Å². The Hall–Kier alpha value is -2.42. The summed E-state index contributed by atoms with van der Waals surface area (Å²) in [5.74, 6) is 1.89. The van der Waals surface area contributed by atoms with Crippen molar-refractivity contribution in [1.82, 2.24) is 10.2 Å². The highest BCUT2D eigenvalue weighted by molar-refractivity contribution is 5.80. The Labute approximate surface area is 111 Å². The minimum Gasteiger partial charge on any atom is -0.480 e. The van der Waals surface area contributed by atoms with E-state index in [9.17, 15) is 9.59 Å². The van der Waals surface area contributed by atoms with Crippen LogP contribution in [-0.4, -0.2) is 41.1 Å². The van der Waals surface area contributed by atoms with E-state index in [4.69, 9.17) is 15.9 Å². The van der Waals surface area contributed by atoms with Crippen molar-refractivity contribution < 1.29 is 19.1 Å². The summed E-state index contributed by atoms with van der Waals surface area (Å²) in [4.78, 5) is 23.5. The fraction of sp³-hybridized carbons (Fsp3) is 0.385. The van der Waals surface area contributed by atoms with Crippen molar-refractivity contribution in [2.75, 3.05) is 13.1 Å². The molecular weight excluding hydrogens is 248 g/mol. The number of nitrogens with one attached hydrogen (secondary N) is 1. The Kier molecular flexibility index (Phi) is 5.48. The molecule has 1 aromatic heterocycles. The molecule has 0 radical (unpaired) electrons. The molecule has 0 aliphatic rings. The molecule has 1 heterocycles. The number of terminal acetylenes is 1. The van der Waals surface area contributed by atoms with Gasteiger partial charge in [0.05, 0.1) is 12.8 Å². The van der Waals surface area contributed by atoms with Crippen LogP contribution >= 0.6 is 0 Å². The van der Waals surface area contributed by atoms with Crippen LogP contribution in [0.4, 0.5) is 4.79 Å². The number of carboxylic acid groups (broad SMARTS) is 1. The van der Waals surface area contributed by atoms with Crippen molar-refractivity contribution in [3.8, 4) is 12.3 Å². The summed E-state index contributed by atoms with van der Waals surface area (Å²) >= 11 is 0. The van der Waals surface area contributed by atoms with Crippen molar-refractivity contribution in [2.24, 2.45) is 0 Å². The normalized spacial score (nSPS) is 11.4. The number of nitrogens with zero attached hydrogens (tertiary/aromatic N) is 1. The number of furan rings is 1. The fourth-order valence-corrected chi connectivity index (χ4v) is 1.56. The van der Waals surface area contributed by atoms with Gasteiger partial charge < -0.3 is 19.7 Å². The minimum atomic E-state index is -1.11. The Bertz CT molecular complexity index is 461. The highest BCUT2D eigenvalue weighted by atomic mass is 16.4. The standard InChI is InChI=1S/C13H16N2O4/c1-3-6-15(9-12(16)17)13(18)14-10(2)8-11-5-4-7-19-11/h1,4-5,7,10H,6,8-9H2,2H3,(H,14,18)(H,16,17). The lowest BCUT2D eigenvalue weighted by atomic mass is 10.2. The molecule has 0 aliphatic carbocycles. The van der Waals surface area contributed by atoms with Crippen LogP contribution in [0.5, 0.6) is 0 Å². The number of carbonyl (C=O) groups is 2. The average molecular weight is 264 g/mol. The van der Waals surface area contributed by atoms with Crippen LogP contribution in [0.25, 0.3) is 0 Å². The predicted molar refractivity (Wildman–Crippen MR) is 68.4 cm³/mol. The summed E-state index contributed by atoms with van der Waals surface area (Å²) < 4.78 is 5.17. The first kappa shape index (κ1) is 14.6. The number of amides is 2. The Morgan fingerprint density at radius 1 is 1.63 bits per heavy atom. The summed E-state index contributed by atoms with van der Waals surface area (Å²) in [6.07, 6.45) is 7.18. The molecule has 6 heteroatoms. The number of carbonyl (C=O) groups excluding carboxylic acids is 1. The van der Waals surface area contributed by atoms with Crippen LogP contribution in [0.2, 0.25) is 0 Å². The van der Waals surface area contributed by atoms with Gasteiger partial charge in [0.25, 0.3) is 0 Å². The Morgan fingerprint density at radius 3 is 2.89 bits per heavy atom. The molecule has 0 aromatic carbocycles. The molecule has 2 N–H and O–H groups in total. The van der Waals surface area contributed by atoms with Gasteiger partial charge in [-0.25, -0.2) is 4.79 Å². The van der Waals surface area contributed by atoms with E-state index in [1.165, 1.54) is 0 Å². The second kappa shape index (κ2) is 7.11. The molecule has 0 aliphatic heterocycles. The summed E-state index contributed by atoms with van der Waals surface area (Å²) in [5, 5.41) is 11.4. The molecule has 0 spiro atoms. The zero-order chi connectivity index (χ0) is 14.3. The third-order valence-corrected chi connectivity index (χ3v) is 2.35. The Morgan fingerprint density at radius 2 is 2.37 bits per heavy atom. The zero-order valence-corrected chi connectivity index (χ0v) is 10.6. The molecule has 1 unspecified atom stereocenters. The van der Waals surface area contributed by atoms with Gasteiger partial charge in [0.2, 0.25) is 0 Å². The quantitative estimate of drug-likeness (QED) is 0.749. The van der Waals surface area contributed by atoms with Gasteiger partial charge in [-0.3, -0.25) is 4.79 Å². The Balaban J connectivity index is 2.51. The summed E-state index contributed by atoms with van der Waals surface area (Å²) in [6, 6.07) is 2.88. The smallest absolute Gasteiger partial charge is 0.323 e. The van der Waals surface area contributed by atoms with Crippen molar-refractivity contribution in [3.05, 3.63) is 24.2 Å². The number of carboxylic acids is 1. The highest BCUT2D eigenvalue weighted by Crippen LogP contribution is 2.04. The maximum Gasteiger partial charge on any atom is 0.323 e. The zero-order valence-electron chi connectivity index (χ0n) is 10.6. The van der Waals surface area contributed by atoms with Gasteiger partial charge in [0, 0.05) is 12.5 Å². The molecular formula is C13H16N2O4. The van der Waals surface area contributed by atoms with Crippen molar-refractivity contribution in [2.45, 2.75) is 19.4 Å². The first-order chi connectivity index (χ1) is 9.02. The van der Waals surface area contributed by atoms with Gasteiger partial charge in [0.15, 0.2) is 0 Å². The van der Waals surface area contributed by atoms with Crippen molar-refractivity contribution in [1.29, 1.82) is 0 Å². The van der Waals surface area contributed by atoms with Gasteiger partial charge in [-0.2, -0.15) is 0 Å². The molecule has 0 saturated heterocycles. The second-order valence-corrected chi connectivity index (χ2v) is 4.09. The molecule has 19 heavy (non-hydrogen) atoms. The molecule has 0 fully saturated rings. The molecule has 0 saturated carbocycles. The summed E-state index contributed by atoms with van der Waals surface area (Å²) in [7, 11) is 0. The van der Waals surface area contributed by atoms with E-state index >= 15 is 0 Å². The molecule has 1 rings (SSSR count). The average Bonchev–Trinajstić information content (AvgIpc) is 2.80. The van der Waals surface area contributed by atoms with Crippen LogP contribution in [-0.2, 0) is 11.2 Å². The number of urea groups is 1. The summed E-state index contributed by atoms with van der Waals surface area (Å²) in [6.45, 7) is 1.32. The van der Waals surface area contributed by atoms with Gasteiger partial charge in [-0.1, -0.05) is 5.92 Å². The maximum atomic E-state index is 11.8. The lowest BCUT2D eigenvalue weighted by Gasteiger charge is -2.21. The molecule has 0 bridgehead atoms. The van der Waals surface area contributed by atoms with E-state index in [1.807, 2.05) is 0 Å². The number of rotatable bonds is 6. The highest BCUT2D eigenvalue weighted by Gasteiger charge is 2.18. The molecule has 102 valence electrons. The van der Waals surface area contributed by atoms with Crippen molar-refractivity contribution >= 4 is 12.0 Å². The third-order valence-electron chi connectivity index (χ3n) is 2.35. The lowest BCUT2D eigenvalue weighted by Crippen LogP contribution is -2.46. The number of hydrogen-bond acceptors (Lipinski definition) is 3. The van der Waals surface area contributed by atoms with Gasteiger partial charge >= 0.3 is 12.0 Å². The van der Waals surface area contributed by atoms with E-state index in [1.54, 1.807) is 25.3 Å². The number of aliphatic carboxylic acids is 1. The van der Waals surface area contributed by atoms with Crippen LogP contribution in [0.15, 0.2) is 22.8 Å². The van der Waals surface area contributed by atoms with Crippen LogP contribution in [0.3, 0.4) is 0 Å². The summed E-state index contributed by atoms with van der Waals surface area (Å²) in [5.41, 5.74) is 0. The first-order valence-electron chi connectivity index (χ1n) is 5.76. The maximum absolute atomic E-state index is 11.8. The third kappa shape index (κ3) is 5.17. The fourth-order valence-electron chi connectivity index (χ4n) is 1.56. The van der Waals surface area contributed by atoms with Gasteiger partial charge in [0.1, 0.15) is 12.3 Å². The van der Waals surface area contributed by atoms with E-state index in [-0.39, 0.29) is 12.6 Å². The molecule has 6 nitrogen and oxygen atoms in total. The second-order valence-electron chi connectivity index (χ2n) is 4.09. The van der Waals surface area contributed by atoms with Crippen molar-refractivity contribution in [3.63, 3.8) is 0 Å². The molecule has 1 aromatic rings. The first-order valence-corrected chi connectivity index (χ1v) is 5.76. The van der Waals surface area contributed by atoms with Gasteiger partial charge in [-0.15, -0.1) is 6.42 Å². The predicted octanol–water partition coefficient (Wildman–Crippen LogP) is 0.940. The largest absolute Gasteiger partial charge is 0.480 e. The molecule has 1 atom stereocenters.